The van der Waals surface area contributed by atoms with Gasteiger partial charge in [0.25, 0.3) is 0 Å². The van der Waals surface area contributed by atoms with Gasteiger partial charge in [0.15, 0.2) is 0 Å². The van der Waals surface area contributed by atoms with Crippen molar-refractivity contribution in [2.45, 2.75) is 13.8 Å². The number of benzene rings is 1. The van der Waals surface area contributed by atoms with Crippen molar-refractivity contribution < 1.29 is 18.3 Å². The van der Waals surface area contributed by atoms with E-state index in [4.69, 9.17) is 16.7 Å². The molecule has 0 fully saturated rings. The minimum atomic E-state index is -3.49. The molecule has 0 aliphatic heterocycles. The molecule has 0 amide bonds. The van der Waals surface area contributed by atoms with Gasteiger partial charge in [-0.2, -0.15) is 0 Å². The molecule has 0 aliphatic carbocycles. The number of carboxylic acids is 1. The largest absolute Gasteiger partial charge is 0.478 e. The number of anilines is 1. The smallest absolute Gasteiger partial charge is 0.335 e. The van der Waals surface area contributed by atoms with E-state index in [2.05, 4.69) is 4.72 Å². The summed E-state index contributed by atoms with van der Waals surface area (Å²) < 4.78 is 25.7. The third-order valence-electron chi connectivity index (χ3n) is 1.97. The molecular formula is C11H14ClNO4S. The van der Waals surface area contributed by atoms with Gasteiger partial charge in [0.1, 0.15) is 0 Å². The quantitative estimate of drug-likeness (QED) is 0.873. The van der Waals surface area contributed by atoms with Gasteiger partial charge in [0.2, 0.25) is 10.0 Å². The molecule has 0 radical (unpaired) electrons. The van der Waals surface area contributed by atoms with Crippen LogP contribution < -0.4 is 4.72 Å². The second kappa shape index (κ2) is 5.58. The van der Waals surface area contributed by atoms with Crippen LogP contribution >= 0.6 is 11.6 Å². The first-order chi connectivity index (χ1) is 8.19. The van der Waals surface area contributed by atoms with Crippen LogP contribution in [0.3, 0.4) is 0 Å². The summed E-state index contributed by atoms with van der Waals surface area (Å²) >= 11 is 5.73. The third kappa shape index (κ3) is 4.54. The minimum absolute atomic E-state index is 0.0272. The fourth-order valence-electron chi connectivity index (χ4n) is 1.43. The number of nitrogens with one attached hydrogen (secondary N) is 1. The minimum Gasteiger partial charge on any atom is -0.478 e. The molecule has 0 spiro atoms. The Morgan fingerprint density at radius 2 is 2.00 bits per heavy atom. The molecule has 0 saturated carbocycles. The Morgan fingerprint density at radius 3 is 2.50 bits per heavy atom. The van der Waals surface area contributed by atoms with E-state index in [9.17, 15) is 13.2 Å². The van der Waals surface area contributed by atoms with Crippen LogP contribution in [0.2, 0.25) is 5.02 Å². The summed E-state index contributed by atoms with van der Waals surface area (Å²) in [5.41, 5.74) is 0.0882. The Bertz CT molecular complexity index is 554. The van der Waals surface area contributed by atoms with E-state index in [-0.39, 0.29) is 27.9 Å². The molecule has 100 valence electrons. The number of carboxylic acid groups (broad SMARTS) is 1. The van der Waals surface area contributed by atoms with Crippen molar-refractivity contribution in [1.82, 2.24) is 0 Å². The van der Waals surface area contributed by atoms with E-state index in [0.717, 1.165) is 0 Å². The van der Waals surface area contributed by atoms with E-state index < -0.39 is 16.0 Å². The van der Waals surface area contributed by atoms with Crippen LogP contribution in [0.15, 0.2) is 18.2 Å². The topological polar surface area (TPSA) is 83.5 Å². The highest BCUT2D eigenvalue weighted by atomic mass is 35.5. The summed E-state index contributed by atoms with van der Waals surface area (Å²) in [5.74, 6) is -1.23. The molecule has 1 aromatic rings. The highest BCUT2D eigenvalue weighted by Gasteiger charge is 2.14. The van der Waals surface area contributed by atoms with Gasteiger partial charge in [-0.05, 0) is 24.1 Å². The SMILES string of the molecule is CC(C)CS(=O)(=O)Nc1cc(Cl)cc(C(=O)O)c1. The van der Waals surface area contributed by atoms with E-state index in [1.165, 1.54) is 18.2 Å². The molecule has 7 heteroatoms. The molecular weight excluding hydrogens is 278 g/mol. The summed E-state index contributed by atoms with van der Waals surface area (Å²) in [4.78, 5) is 10.8. The molecule has 5 nitrogen and oxygen atoms in total. The fourth-order valence-corrected chi connectivity index (χ4v) is 3.11. The lowest BCUT2D eigenvalue weighted by molar-refractivity contribution is 0.0697. The first-order valence-corrected chi connectivity index (χ1v) is 7.27. The fraction of sp³-hybridized carbons (Fsp3) is 0.364. The van der Waals surface area contributed by atoms with Crippen LogP contribution in [-0.4, -0.2) is 25.2 Å². The average molecular weight is 292 g/mol. The predicted molar refractivity (Wildman–Crippen MR) is 70.7 cm³/mol. The number of carbonyl (C=O) groups is 1. The van der Waals surface area contributed by atoms with E-state index in [1.54, 1.807) is 13.8 Å². The van der Waals surface area contributed by atoms with E-state index in [1.807, 2.05) is 0 Å². The highest BCUT2D eigenvalue weighted by Crippen LogP contribution is 2.20. The molecule has 1 aromatic carbocycles. The van der Waals surface area contributed by atoms with Crippen molar-refractivity contribution in [3.63, 3.8) is 0 Å². The predicted octanol–water partition coefficient (Wildman–Crippen LogP) is 2.44. The van der Waals surface area contributed by atoms with E-state index >= 15 is 0 Å². The molecule has 18 heavy (non-hydrogen) atoms. The van der Waals surface area contributed by atoms with Gasteiger partial charge in [-0.25, -0.2) is 13.2 Å². The van der Waals surface area contributed by atoms with Crippen molar-refractivity contribution in [3.05, 3.63) is 28.8 Å². The van der Waals surface area contributed by atoms with Crippen LogP contribution in [-0.2, 0) is 10.0 Å². The number of rotatable bonds is 5. The Hall–Kier alpha value is -1.27. The van der Waals surface area contributed by atoms with Crippen LogP contribution in [0.4, 0.5) is 5.69 Å². The summed E-state index contributed by atoms with van der Waals surface area (Å²) in [6.07, 6.45) is 0. The highest BCUT2D eigenvalue weighted by molar-refractivity contribution is 7.92. The number of sulfonamides is 1. The van der Waals surface area contributed by atoms with Crippen LogP contribution in [0.25, 0.3) is 0 Å². The van der Waals surface area contributed by atoms with Gasteiger partial charge in [-0.3, -0.25) is 4.72 Å². The Balaban J connectivity index is 3.01. The summed E-state index contributed by atoms with van der Waals surface area (Å²) in [6.45, 7) is 3.56. The monoisotopic (exact) mass is 291 g/mol. The maximum Gasteiger partial charge on any atom is 0.335 e. The normalized spacial score (nSPS) is 11.6. The number of aromatic carboxylic acids is 1. The molecule has 0 bridgehead atoms. The molecule has 0 unspecified atom stereocenters. The summed E-state index contributed by atoms with van der Waals surface area (Å²) in [5, 5.41) is 9.01. The van der Waals surface area contributed by atoms with Crippen LogP contribution in [0, 0.1) is 5.92 Å². The summed E-state index contributed by atoms with van der Waals surface area (Å²) in [6, 6.07) is 3.85. The molecule has 0 heterocycles. The van der Waals surface area contributed by atoms with Crippen molar-refractivity contribution in [3.8, 4) is 0 Å². The average Bonchev–Trinajstić information content (AvgIpc) is 2.12. The summed E-state index contributed by atoms with van der Waals surface area (Å²) in [7, 11) is -3.49. The lowest BCUT2D eigenvalue weighted by Gasteiger charge is -2.10. The molecule has 0 atom stereocenters. The Morgan fingerprint density at radius 1 is 1.39 bits per heavy atom. The first-order valence-electron chi connectivity index (χ1n) is 5.24. The molecule has 0 saturated heterocycles. The zero-order valence-electron chi connectivity index (χ0n) is 9.97. The maximum atomic E-state index is 11.7. The second-order valence-corrected chi connectivity index (χ2v) is 6.51. The Kier molecular flexibility index (Phi) is 4.59. The third-order valence-corrected chi connectivity index (χ3v) is 3.84. The zero-order valence-corrected chi connectivity index (χ0v) is 11.5. The number of hydrogen-bond acceptors (Lipinski definition) is 3. The standard InChI is InChI=1S/C11H14ClNO4S/c1-7(2)6-18(16,17)13-10-4-8(11(14)15)3-9(12)5-10/h3-5,7,13H,6H2,1-2H3,(H,14,15). The van der Waals surface area contributed by atoms with Crippen molar-refractivity contribution in [1.29, 1.82) is 0 Å². The maximum absolute atomic E-state index is 11.7. The molecule has 2 N–H and O–H groups in total. The Labute approximate surface area is 111 Å². The lowest BCUT2D eigenvalue weighted by Crippen LogP contribution is -2.20. The van der Waals surface area contributed by atoms with Gasteiger partial charge in [0.05, 0.1) is 17.0 Å². The first kappa shape index (κ1) is 14.8. The lowest BCUT2D eigenvalue weighted by atomic mass is 10.2. The van der Waals surface area contributed by atoms with E-state index in [0.29, 0.717) is 0 Å². The second-order valence-electron chi connectivity index (χ2n) is 4.31. The number of hydrogen-bond donors (Lipinski definition) is 2. The van der Waals surface area contributed by atoms with Crippen molar-refractivity contribution in [2.75, 3.05) is 10.5 Å². The van der Waals surface area contributed by atoms with Crippen molar-refractivity contribution >= 4 is 33.3 Å². The van der Waals surface area contributed by atoms with Crippen LogP contribution in [0.1, 0.15) is 24.2 Å². The van der Waals surface area contributed by atoms with Gasteiger partial charge in [-0.1, -0.05) is 25.4 Å². The van der Waals surface area contributed by atoms with Gasteiger partial charge < -0.3 is 5.11 Å². The van der Waals surface area contributed by atoms with Crippen LogP contribution in [0.5, 0.6) is 0 Å². The van der Waals surface area contributed by atoms with Gasteiger partial charge >= 0.3 is 5.97 Å². The molecule has 0 aromatic heterocycles. The molecule has 0 aliphatic rings. The number of halogens is 1. The van der Waals surface area contributed by atoms with Crippen molar-refractivity contribution in [2.24, 2.45) is 5.92 Å². The zero-order chi connectivity index (χ0) is 13.9. The molecule has 1 rings (SSSR count). The van der Waals surface area contributed by atoms with Gasteiger partial charge in [0, 0.05) is 5.02 Å². The van der Waals surface area contributed by atoms with Gasteiger partial charge in [-0.15, -0.1) is 0 Å².